The molecule has 0 amide bonds. The minimum atomic E-state index is 0. The van der Waals surface area contributed by atoms with Gasteiger partial charge in [-0.3, -0.25) is 0 Å². The molecule has 0 unspecified atom stereocenters. The number of halogens is 1. The van der Waals surface area contributed by atoms with E-state index in [4.69, 9.17) is 0 Å². The van der Waals surface area contributed by atoms with Crippen LogP contribution in [0.25, 0.3) is 0 Å². The number of hydrogen-bond donors (Lipinski definition) is 0. The first-order valence-corrected chi connectivity index (χ1v) is 0. The monoisotopic (exact) mass is 188 g/mol. The summed E-state index contributed by atoms with van der Waals surface area (Å²) in [5, 5.41) is 0. The largest absolute Gasteiger partial charge is 3.00 e. The average molecular weight is 188 g/mol. The quantitative estimate of drug-likeness (QED) is 0.273. The molecule has 0 fully saturated rings. The van der Waals surface area contributed by atoms with E-state index >= 15 is 0 Å². The van der Waals surface area contributed by atoms with Gasteiger partial charge in [0.05, 0.1) is 0 Å². The first kappa shape index (κ1) is 64.8. The molecule has 0 aliphatic rings. The molecule has 0 atom stereocenters. The van der Waals surface area contributed by atoms with Gasteiger partial charge in [0.1, 0.15) is 0 Å². The maximum Gasteiger partial charge on any atom is 3.00 e. The predicted molar refractivity (Wildman–Crippen MR) is 9.92 cm³/mol. The fourth-order valence-electron chi connectivity index (χ4n) is 0. The van der Waals surface area contributed by atoms with Gasteiger partial charge in [-0.15, -0.1) is 0 Å². The molecule has 24 valence electrons. The average Bonchev–Trinajstić information content (AvgIpc) is 0. The van der Waals surface area contributed by atoms with E-state index in [0.717, 1.165) is 0 Å². The molecule has 0 aliphatic carbocycles. The van der Waals surface area contributed by atoms with E-state index in [9.17, 15) is 0 Å². The van der Waals surface area contributed by atoms with Crippen LogP contribution in [0.1, 0.15) is 0 Å². The van der Waals surface area contributed by atoms with Crippen LogP contribution in [0, 0.1) is 0 Å². The summed E-state index contributed by atoms with van der Waals surface area (Å²) in [5.41, 5.74) is 0. The predicted octanol–water partition coefficient (Wildman–Crippen LogP) is -4.15. The Labute approximate surface area is 52.3 Å². The summed E-state index contributed by atoms with van der Waals surface area (Å²) >= 11 is 0. The summed E-state index contributed by atoms with van der Waals surface area (Å²) in [6.45, 7) is 0. The number of rotatable bonds is 0. The van der Waals surface area contributed by atoms with Crippen molar-refractivity contribution in [2.45, 2.75) is 0 Å². The molecule has 4 heavy (non-hydrogen) atoms. The van der Waals surface area contributed by atoms with Gasteiger partial charge in [0.25, 0.3) is 0 Å². The van der Waals surface area contributed by atoms with Crippen LogP contribution in [0.15, 0.2) is 0 Å². The third kappa shape index (κ3) is 10.8. The van der Waals surface area contributed by atoms with Crippen molar-refractivity contribution < 1.29 is 34.9 Å². The van der Waals surface area contributed by atoms with Crippen LogP contribution in [-0.4, -0.2) is 17.4 Å². The van der Waals surface area contributed by atoms with Gasteiger partial charge in [-0.05, 0) is 0 Å². The fourth-order valence-corrected chi connectivity index (χ4v) is 0. The molecule has 0 saturated heterocycles. The van der Waals surface area contributed by atoms with Crippen molar-refractivity contribution in [3.05, 3.63) is 0 Å². The van der Waals surface area contributed by atoms with Gasteiger partial charge in [-0.25, -0.2) is 0 Å². The van der Waals surface area contributed by atoms with E-state index in [1.54, 1.807) is 0 Å². The van der Waals surface area contributed by atoms with Crippen molar-refractivity contribution in [3.8, 4) is 0 Å². The Morgan fingerprint density at radius 2 is 0.750 bits per heavy atom. The van der Waals surface area contributed by atoms with Crippen LogP contribution in [0.5, 0.6) is 0 Å². The van der Waals surface area contributed by atoms with Gasteiger partial charge in [0.2, 0.25) is 24.0 Å². The zero-order valence-electron chi connectivity index (χ0n) is 1.84. The Morgan fingerprint density at radius 1 is 0.750 bits per heavy atom. The molecule has 0 N–H and O–H groups in total. The first-order chi connectivity index (χ1) is 0. The minimum absolute atomic E-state index is 0. The van der Waals surface area contributed by atoms with E-state index in [0.29, 0.717) is 0 Å². The van der Waals surface area contributed by atoms with Crippen molar-refractivity contribution in [2.24, 2.45) is 0 Å². The second kappa shape index (κ2) is 30.3. The summed E-state index contributed by atoms with van der Waals surface area (Å²) in [5.74, 6) is 0. The Balaban J connectivity index is 0. The van der Waals surface area contributed by atoms with E-state index in [1.165, 1.54) is 0 Å². The third-order valence-electron chi connectivity index (χ3n) is 0. The zero-order chi connectivity index (χ0) is 0. The minimum Gasteiger partial charge on any atom is -2.00 e. The van der Waals surface area contributed by atoms with E-state index in [-0.39, 0.29) is 52.3 Å². The third-order valence-corrected chi connectivity index (χ3v) is 0. The number of hydrogen-bond acceptors (Lipinski definition) is 0. The van der Waals surface area contributed by atoms with E-state index in [1.807, 2.05) is 0 Å². The normalized spacial score (nSPS) is 0. The Bertz CT molecular complexity index is 6.00. The second-order valence-electron chi connectivity index (χ2n) is 0. The van der Waals surface area contributed by atoms with Crippen LogP contribution >= 0.6 is 0 Å². The molecule has 0 spiro atoms. The van der Waals surface area contributed by atoms with Crippen LogP contribution < -0.4 is 24.0 Å². The van der Waals surface area contributed by atoms with Crippen molar-refractivity contribution in [3.63, 3.8) is 0 Å². The van der Waals surface area contributed by atoms with E-state index < -0.39 is 0 Å². The molecule has 0 aromatic rings. The molecule has 0 saturated carbocycles. The van der Waals surface area contributed by atoms with Crippen LogP contribution in [0.3, 0.4) is 0 Å². The van der Waals surface area contributed by atoms with Crippen LogP contribution in [-0.2, 0) is 11.0 Å². The molecule has 0 radical (unpaired) electrons. The smallest absolute Gasteiger partial charge is 2.00 e. The van der Waals surface area contributed by atoms with Crippen molar-refractivity contribution in [1.29, 1.82) is 0 Å². The Hall–Kier alpha value is 1.18. The van der Waals surface area contributed by atoms with Crippen molar-refractivity contribution in [2.75, 3.05) is 0 Å². The molecule has 0 bridgehead atoms. The van der Waals surface area contributed by atoms with Gasteiger partial charge >= 0.3 is 17.4 Å². The Kier molecular flexibility index (Phi) is 491. The van der Waals surface area contributed by atoms with Crippen molar-refractivity contribution >= 4 is 17.4 Å². The zero-order valence-corrected chi connectivity index (χ0v) is 5.55. The van der Waals surface area contributed by atoms with Crippen molar-refractivity contribution in [1.82, 2.24) is 0 Å². The molecule has 4 heteroatoms. The van der Waals surface area contributed by atoms with Gasteiger partial charge in [-0.2, -0.15) is 0 Å². The summed E-state index contributed by atoms with van der Waals surface area (Å²) in [6, 6.07) is 0. The van der Waals surface area contributed by atoms with Gasteiger partial charge < -0.3 is 11.0 Å². The van der Waals surface area contributed by atoms with Crippen LogP contribution in [0.2, 0.25) is 0 Å². The molecule has 0 aromatic heterocycles. The maximum absolute atomic E-state index is 0. The summed E-state index contributed by atoms with van der Waals surface area (Å²) in [4.78, 5) is 0. The summed E-state index contributed by atoms with van der Waals surface area (Å²) in [6.07, 6.45) is 0. The second-order valence-corrected chi connectivity index (χ2v) is 0. The topological polar surface area (TPSA) is 57.0 Å². The maximum atomic E-state index is 0. The molecule has 0 rings (SSSR count). The summed E-state index contributed by atoms with van der Waals surface area (Å²) < 4.78 is 0. The molecule has 0 aromatic carbocycles. The SMILES string of the molecule is [Al+3].[IH2+].[O-2].[O-2]. The van der Waals surface area contributed by atoms with Gasteiger partial charge in [0, 0.05) is 0 Å². The molecule has 0 heterocycles. The van der Waals surface area contributed by atoms with Gasteiger partial charge in [-0.1, -0.05) is 0 Å². The molecular formula is H2AlIO2. The summed E-state index contributed by atoms with van der Waals surface area (Å²) in [7, 11) is 0. The fraction of sp³-hybridized carbons (Fsp3) is 0. The van der Waals surface area contributed by atoms with E-state index in [2.05, 4.69) is 0 Å². The van der Waals surface area contributed by atoms with Crippen LogP contribution in [0.4, 0.5) is 0 Å². The van der Waals surface area contributed by atoms with Gasteiger partial charge in [0.15, 0.2) is 0 Å². The first-order valence-electron chi connectivity index (χ1n) is 0. The molecule has 2 nitrogen and oxygen atoms in total. The molecule has 0 aliphatic heterocycles. The standard InChI is InChI=1S/Al.H2I.2O/h;1H2;;/q+3;+1;2*-2. The molecular weight excluding hydrogens is 186 g/mol. The Morgan fingerprint density at radius 3 is 0.750 bits per heavy atom.